The second-order valence-electron chi connectivity index (χ2n) is 3.73. The van der Waals surface area contributed by atoms with Crippen molar-refractivity contribution in [1.82, 2.24) is 5.16 Å². The van der Waals surface area contributed by atoms with Crippen molar-refractivity contribution in [2.45, 2.75) is 13.8 Å². The molecule has 0 saturated carbocycles. The Morgan fingerprint density at radius 2 is 2.18 bits per heavy atom. The predicted molar refractivity (Wildman–Crippen MR) is 62.0 cm³/mol. The fraction of sp³-hybridized carbons (Fsp3) is 0.167. The third kappa shape index (κ3) is 2.28. The molecular weight excluding hydrogens is 220 g/mol. The molecular formula is C12H12N2O3. The number of carbonyl (C=O) groups excluding carboxylic acids is 1. The number of amides is 1. The van der Waals surface area contributed by atoms with Crippen LogP contribution in [0.5, 0.6) is 5.75 Å². The Bertz CT molecular complexity index is 561. The number of aromatic nitrogens is 1. The highest BCUT2D eigenvalue weighted by atomic mass is 16.5. The Kier molecular flexibility index (Phi) is 2.82. The normalized spacial score (nSPS) is 10.2. The highest BCUT2D eigenvalue weighted by molar-refractivity contribution is 6.04. The third-order valence-corrected chi connectivity index (χ3v) is 2.49. The van der Waals surface area contributed by atoms with E-state index in [1.165, 1.54) is 12.1 Å². The Hall–Kier alpha value is -2.30. The molecule has 2 rings (SSSR count). The van der Waals surface area contributed by atoms with Crippen molar-refractivity contribution >= 4 is 11.8 Å². The lowest BCUT2D eigenvalue weighted by Crippen LogP contribution is -2.11. The lowest BCUT2D eigenvalue weighted by Gasteiger charge is -2.02. The SMILES string of the molecule is Cc1noc(NC(=O)c2cccc(O)c2)c1C. The molecule has 17 heavy (non-hydrogen) atoms. The van der Waals surface area contributed by atoms with Crippen molar-refractivity contribution in [3.8, 4) is 5.75 Å². The summed E-state index contributed by atoms with van der Waals surface area (Å²) in [5.41, 5.74) is 1.88. The highest BCUT2D eigenvalue weighted by Crippen LogP contribution is 2.19. The highest BCUT2D eigenvalue weighted by Gasteiger charge is 2.13. The summed E-state index contributed by atoms with van der Waals surface area (Å²) < 4.78 is 4.97. The lowest BCUT2D eigenvalue weighted by molar-refractivity contribution is 0.102. The smallest absolute Gasteiger partial charge is 0.258 e. The Morgan fingerprint density at radius 1 is 1.41 bits per heavy atom. The van der Waals surface area contributed by atoms with Crippen LogP contribution in [0.25, 0.3) is 0 Å². The topological polar surface area (TPSA) is 75.4 Å². The third-order valence-electron chi connectivity index (χ3n) is 2.49. The van der Waals surface area contributed by atoms with Crippen LogP contribution in [0, 0.1) is 13.8 Å². The molecule has 0 saturated heterocycles. The van der Waals surface area contributed by atoms with Crippen LogP contribution in [0.15, 0.2) is 28.8 Å². The molecule has 0 unspecified atom stereocenters. The number of aromatic hydroxyl groups is 1. The maximum atomic E-state index is 11.8. The van der Waals surface area contributed by atoms with E-state index in [1.54, 1.807) is 19.1 Å². The van der Waals surface area contributed by atoms with Crippen LogP contribution in [0.4, 0.5) is 5.88 Å². The molecule has 0 fully saturated rings. The molecule has 1 amide bonds. The predicted octanol–water partition coefficient (Wildman–Crippen LogP) is 2.25. The van der Waals surface area contributed by atoms with Crippen molar-refractivity contribution in [1.29, 1.82) is 0 Å². The second-order valence-corrected chi connectivity index (χ2v) is 3.73. The first-order valence-electron chi connectivity index (χ1n) is 5.11. The number of phenolic OH excluding ortho intramolecular Hbond substituents is 1. The van der Waals surface area contributed by atoms with Crippen LogP contribution >= 0.6 is 0 Å². The second kappa shape index (κ2) is 4.29. The first-order valence-corrected chi connectivity index (χ1v) is 5.11. The summed E-state index contributed by atoms with van der Waals surface area (Å²) in [6, 6.07) is 6.09. The van der Waals surface area contributed by atoms with E-state index in [-0.39, 0.29) is 11.7 Å². The summed E-state index contributed by atoms with van der Waals surface area (Å²) in [6.07, 6.45) is 0. The van der Waals surface area contributed by atoms with Gasteiger partial charge in [0.15, 0.2) is 0 Å². The molecule has 0 bridgehead atoms. The molecule has 0 aliphatic rings. The summed E-state index contributed by atoms with van der Waals surface area (Å²) in [4.78, 5) is 11.8. The molecule has 0 aliphatic carbocycles. The van der Waals surface area contributed by atoms with E-state index in [1.807, 2.05) is 6.92 Å². The number of aryl methyl sites for hydroxylation is 1. The van der Waals surface area contributed by atoms with Crippen LogP contribution in [-0.2, 0) is 0 Å². The average Bonchev–Trinajstić information content (AvgIpc) is 2.61. The average molecular weight is 232 g/mol. The molecule has 0 atom stereocenters. The standard InChI is InChI=1S/C12H12N2O3/c1-7-8(2)14-17-12(7)13-11(16)9-4-3-5-10(15)6-9/h3-6,15H,1-2H3,(H,13,16). The van der Waals surface area contributed by atoms with E-state index in [0.717, 1.165) is 11.3 Å². The largest absolute Gasteiger partial charge is 0.508 e. The number of rotatable bonds is 2. The van der Waals surface area contributed by atoms with Gasteiger partial charge in [-0.1, -0.05) is 11.2 Å². The summed E-state index contributed by atoms with van der Waals surface area (Å²) in [5.74, 6) is 0.0270. The minimum atomic E-state index is -0.347. The molecule has 5 nitrogen and oxygen atoms in total. The Balaban J connectivity index is 2.20. The zero-order valence-corrected chi connectivity index (χ0v) is 9.52. The number of nitrogens with one attached hydrogen (secondary N) is 1. The maximum Gasteiger partial charge on any atom is 0.258 e. The number of anilines is 1. The van der Waals surface area contributed by atoms with Gasteiger partial charge in [-0.05, 0) is 32.0 Å². The van der Waals surface area contributed by atoms with E-state index in [0.29, 0.717) is 11.4 Å². The minimum Gasteiger partial charge on any atom is -0.508 e. The van der Waals surface area contributed by atoms with Crippen molar-refractivity contribution in [2.24, 2.45) is 0 Å². The van der Waals surface area contributed by atoms with E-state index < -0.39 is 0 Å². The fourth-order valence-corrected chi connectivity index (χ4v) is 1.35. The zero-order chi connectivity index (χ0) is 12.4. The van der Waals surface area contributed by atoms with Gasteiger partial charge in [0.2, 0.25) is 5.88 Å². The first-order chi connectivity index (χ1) is 8.08. The molecule has 5 heteroatoms. The fourth-order valence-electron chi connectivity index (χ4n) is 1.35. The monoisotopic (exact) mass is 232 g/mol. The quantitative estimate of drug-likeness (QED) is 0.832. The Labute approximate surface area is 98.1 Å². The van der Waals surface area contributed by atoms with E-state index in [4.69, 9.17) is 4.52 Å². The van der Waals surface area contributed by atoms with Crippen LogP contribution in [0.3, 0.4) is 0 Å². The van der Waals surface area contributed by atoms with Gasteiger partial charge >= 0.3 is 0 Å². The number of carbonyl (C=O) groups is 1. The van der Waals surface area contributed by atoms with Crippen LogP contribution in [0.2, 0.25) is 0 Å². The number of hydrogen-bond acceptors (Lipinski definition) is 4. The molecule has 1 aromatic heterocycles. The van der Waals surface area contributed by atoms with Gasteiger partial charge in [0, 0.05) is 11.1 Å². The van der Waals surface area contributed by atoms with Crippen LogP contribution in [-0.4, -0.2) is 16.2 Å². The van der Waals surface area contributed by atoms with Gasteiger partial charge in [-0.2, -0.15) is 0 Å². The number of phenols is 1. The van der Waals surface area contributed by atoms with Crippen molar-refractivity contribution in [3.63, 3.8) is 0 Å². The van der Waals surface area contributed by atoms with E-state index >= 15 is 0 Å². The van der Waals surface area contributed by atoms with Crippen LogP contribution < -0.4 is 5.32 Å². The lowest BCUT2D eigenvalue weighted by atomic mass is 10.2. The molecule has 1 heterocycles. The van der Waals surface area contributed by atoms with Crippen molar-refractivity contribution in [2.75, 3.05) is 5.32 Å². The van der Waals surface area contributed by atoms with E-state index in [2.05, 4.69) is 10.5 Å². The molecule has 0 radical (unpaired) electrons. The number of benzene rings is 1. The van der Waals surface area contributed by atoms with Gasteiger partial charge in [-0.15, -0.1) is 0 Å². The Morgan fingerprint density at radius 3 is 2.76 bits per heavy atom. The molecule has 2 N–H and O–H groups in total. The summed E-state index contributed by atoms with van der Waals surface area (Å²) >= 11 is 0. The zero-order valence-electron chi connectivity index (χ0n) is 9.52. The summed E-state index contributed by atoms with van der Waals surface area (Å²) in [5, 5.41) is 15.6. The summed E-state index contributed by atoms with van der Waals surface area (Å²) in [6.45, 7) is 3.60. The van der Waals surface area contributed by atoms with Crippen LogP contribution in [0.1, 0.15) is 21.6 Å². The maximum absolute atomic E-state index is 11.8. The molecule has 2 aromatic rings. The minimum absolute atomic E-state index is 0.0446. The number of nitrogens with zero attached hydrogens (tertiary/aromatic N) is 1. The van der Waals surface area contributed by atoms with Crippen molar-refractivity contribution in [3.05, 3.63) is 41.1 Å². The number of hydrogen-bond donors (Lipinski definition) is 2. The van der Waals surface area contributed by atoms with Gasteiger partial charge in [-0.3, -0.25) is 10.1 Å². The summed E-state index contributed by atoms with van der Waals surface area (Å²) in [7, 11) is 0. The van der Waals surface area contributed by atoms with Gasteiger partial charge in [0.1, 0.15) is 5.75 Å². The molecule has 88 valence electrons. The molecule has 0 spiro atoms. The first kappa shape index (κ1) is 11.2. The van der Waals surface area contributed by atoms with Gasteiger partial charge < -0.3 is 9.63 Å². The van der Waals surface area contributed by atoms with Crippen molar-refractivity contribution < 1.29 is 14.4 Å². The van der Waals surface area contributed by atoms with Gasteiger partial charge in [0.25, 0.3) is 5.91 Å². The van der Waals surface area contributed by atoms with E-state index in [9.17, 15) is 9.90 Å². The van der Waals surface area contributed by atoms with Gasteiger partial charge in [0.05, 0.1) is 5.69 Å². The molecule has 1 aromatic carbocycles. The molecule has 0 aliphatic heterocycles. The van der Waals surface area contributed by atoms with Gasteiger partial charge in [-0.25, -0.2) is 0 Å².